The molecule has 9 nitrogen and oxygen atoms in total. The van der Waals surface area contributed by atoms with Crippen molar-refractivity contribution in [1.29, 1.82) is 0 Å². The van der Waals surface area contributed by atoms with Crippen molar-refractivity contribution in [3.8, 4) is 0 Å². The van der Waals surface area contributed by atoms with Crippen molar-refractivity contribution in [1.82, 2.24) is 14.7 Å². The van der Waals surface area contributed by atoms with E-state index in [0.29, 0.717) is 39.3 Å². The zero-order valence-electron chi connectivity index (χ0n) is 25.1. The fraction of sp³-hybridized carbons (Fsp3) is 0.419. The van der Waals surface area contributed by atoms with Crippen LogP contribution < -0.4 is 15.3 Å². The molecule has 0 radical (unpaired) electrons. The van der Waals surface area contributed by atoms with Crippen LogP contribution in [-0.2, 0) is 32.6 Å². The summed E-state index contributed by atoms with van der Waals surface area (Å²) >= 11 is 0. The van der Waals surface area contributed by atoms with E-state index in [1.54, 1.807) is 41.5 Å². The number of benzene rings is 2. The Bertz CT molecular complexity index is 1060. The van der Waals surface area contributed by atoms with Gasteiger partial charge in [-0.2, -0.15) is 6.07 Å². The molecule has 0 aliphatic heterocycles. The molecule has 222 valence electrons. The van der Waals surface area contributed by atoms with Gasteiger partial charge in [-0.15, -0.1) is 40.6 Å². The third-order valence-electron chi connectivity index (χ3n) is 6.07. The first-order valence-corrected chi connectivity index (χ1v) is 13.6. The number of carbonyl (C=O) groups is 3. The maximum absolute atomic E-state index is 9.98. The van der Waals surface area contributed by atoms with Gasteiger partial charge in [-0.1, -0.05) is 42.0 Å². The van der Waals surface area contributed by atoms with Gasteiger partial charge in [0, 0.05) is 39.3 Å². The van der Waals surface area contributed by atoms with Crippen LogP contribution >= 0.6 is 0 Å². The summed E-state index contributed by atoms with van der Waals surface area (Å²) in [7, 11) is 0. The summed E-state index contributed by atoms with van der Waals surface area (Å²) in [5.41, 5.74) is 2.79. The van der Waals surface area contributed by atoms with Gasteiger partial charge in [0.25, 0.3) is 0 Å². The molecule has 41 heavy (non-hydrogen) atoms. The number of carboxylic acid groups (broad SMARTS) is 3. The SMILES string of the molecule is CCN(CC)C(=O)[O-].CCN(CC)C(=O)[O-].CCN(CC)C(=O)[O-].[Zr+4].c1ccc(C[c-]2ccc3ccccc32)cc1. The fourth-order valence-corrected chi connectivity index (χ4v) is 3.63. The number of rotatable bonds is 8. The van der Waals surface area contributed by atoms with E-state index in [9.17, 15) is 29.7 Å². The minimum Gasteiger partial charge on any atom is -0.530 e. The van der Waals surface area contributed by atoms with E-state index in [1.165, 1.54) is 36.6 Å². The predicted octanol–water partition coefficient (Wildman–Crippen LogP) is 3.16. The molecule has 0 N–H and O–H groups in total. The molecular formula is C31H43N3O6Zr. The average Bonchev–Trinajstić information content (AvgIpc) is 3.34. The van der Waals surface area contributed by atoms with Crippen LogP contribution in [0.4, 0.5) is 14.4 Å². The molecule has 0 unspecified atom stereocenters. The predicted molar refractivity (Wildman–Crippen MR) is 154 cm³/mol. The zero-order valence-corrected chi connectivity index (χ0v) is 27.5. The topological polar surface area (TPSA) is 130 Å². The molecule has 0 saturated carbocycles. The summed E-state index contributed by atoms with van der Waals surface area (Å²) in [4.78, 5) is 33.6. The Morgan fingerprint density at radius 2 is 0.951 bits per heavy atom. The van der Waals surface area contributed by atoms with Crippen LogP contribution in [-0.4, -0.2) is 72.2 Å². The van der Waals surface area contributed by atoms with Crippen LogP contribution in [0.15, 0.2) is 66.7 Å². The van der Waals surface area contributed by atoms with Gasteiger partial charge in [-0.25, -0.2) is 0 Å². The average molecular weight is 645 g/mol. The van der Waals surface area contributed by atoms with E-state index in [4.69, 9.17) is 0 Å². The Labute approximate surface area is 263 Å². The molecular weight excluding hydrogens is 602 g/mol. The molecule has 0 atom stereocenters. The first kappa shape index (κ1) is 39.9. The number of fused-ring (bicyclic) bond motifs is 1. The Kier molecular flexibility index (Phi) is 22.8. The van der Waals surface area contributed by atoms with E-state index in [1.807, 2.05) is 0 Å². The monoisotopic (exact) mass is 643 g/mol. The Morgan fingerprint density at radius 1 is 0.585 bits per heavy atom. The summed E-state index contributed by atoms with van der Waals surface area (Å²) in [6.45, 7) is 13.7. The number of hydrogen-bond donors (Lipinski definition) is 0. The Hall–Kier alpha value is -3.26. The van der Waals surface area contributed by atoms with Crippen LogP contribution in [0, 0.1) is 0 Å². The molecule has 0 saturated heterocycles. The van der Waals surface area contributed by atoms with Crippen molar-refractivity contribution in [3.05, 3.63) is 77.9 Å². The maximum Gasteiger partial charge on any atom is 4.00 e. The number of carbonyl (C=O) groups excluding carboxylic acids is 3. The maximum atomic E-state index is 9.98. The van der Waals surface area contributed by atoms with Gasteiger partial charge in [0.2, 0.25) is 0 Å². The molecule has 10 heteroatoms. The summed E-state index contributed by atoms with van der Waals surface area (Å²) in [5.74, 6) is 0. The summed E-state index contributed by atoms with van der Waals surface area (Å²) < 4.78 is 0. The van der Waals surface area contributed by atoms with E-state index in [2.05, 4.69) is 66.7 Å². The molecule has 0 bridgehead atoms. The Morgan fingerprint density at radius 3 is 1.29 bits per heavy atom. The van der Waals surface area contributed by atoms with Crippen molar-refractivity contribution in [2.75, 3.05) is 39.3 Å². The van der Waals surface area contributed by atoms with Gasteiger partial charge in [-0.3, -0.25) is 0 Å². The van der Waals surface area contributed by atoms with Crippen LogP contribution in [0.5, 0.6) is 0 Å². The second-order valence-corrected chi connectivity index (χ2v) is 8.42. The fourth-order valence-electron chi connectivity index (χ4n) is 3.63. The second-order valence-electron chi connectivity index (χ2n) is 8.42. The third kappa shape index (κ3) is 15.9. The third-order valence-corrected chi connectivity index (χ3v) is 6.07. The van der Waals surface area contributed by atoms with Crippen LogP contribution in [0.1, 0.15) is 52.7 Å². The van der Waals surface area contributed by atoms with E-state index in [-0.39, 0.29) is 26.2 Å². The van der Waals surface area contributed by atoms with Gasteiger partial charge in [-0.05, 0) is 48.0 Å². The largest absolute Gasteiger partial charge is 4.00 e. The van der Waals surface area contributed by atoms with Crippen molar-refractivity contribution >= 4 is 29.1 Å². The molecule has 3 aromatic carbocycles. The quantitative estimate of drug-likeness (QED) is 0.347. The molecule has 0 fully saturated rings. The van der Waals surface area contributed by atoms with E-state index in [0.717, 1.165) is 6.42 Å². The summed E-state index contributed by atoms with van der Waals surface area (Å²) in [5, 5.41) is 32.7. The molecule has 0 heterocycles. The van der Waals surface area contributed by atoms with Gasteiger partial charge in [0.15, 0.2) is 0 Å². The van der Waals surface area contributed by atoms with E-state index < -0.39 is 18.3 Å². The van der Waals surface area contributed by atoms with Crippen molar-refractivity contribution in [3.63, 3.8) is 0 Å². The standard InChI is InChI=1S/C16H13.3C5H11NO2.Zr/c1-2-6-13(7-3-1)12-15-11-10-14-8-4-5-9-16(14)15;3*1-3-6(4-2)5(7)8;/h1-11H,12H2;3*3-4H2,1-2H3,(H,7,8);/q-1;;;;+4/p-3. The summed E-state index contributed by atoms with van der Waals surface area (Å²) in [6.07, 6.45) is -2.24. The molecule has 3 amide bonds. The molecule has 0 spiro atoms. The van der Waals surface area contributed by atoms with Crippen molar-refractivity contribution in [2.24, 2.45) is 0 Å². The molecule has 3 aromatic rings. The number of hydrogen-bond acceptors (Lipinski definition) is 6. The zero-order chi connectivity index (χ0) is 30.5. The van der Waals surface area contributed by atoms with Crippen LogP contribution in [0.2, 0.25) is 0 Å². The van der Waals surface area contributed by atoms with Crippen LogP contribution in [0.25, 0.3) is 10.8 Å². The number of nitrogens with zero attached hydrogens (tertiary/aromatic N) is 3. The second kappa shape index (κ2) is 23.4. The van der Waals surface area contributed by atoms with Gasteiger partial charge < -0.3 is 44.4 Å². The van der Waals surface area contributed by atoms with Gasteiger partial charge >= 0.3 is 26.2 Å². The minimum atomic E-state index is -1.09. The van der Waals surface area contributed by atoms with Crippen LogP contribution in [0.3, 0.4) is 0 Å². The molecule has 0 aromatic heterocycles. The first-order chi connectivity index (χ1) is 19.1. The summed E-state index contributed by atoms with van der Waals surface area (Å²) in [6, 6.07) is 23.6. The number of amides is 3. The normalized spacial score (nSPS) is 9.32. The Balaban J connectivity index is 0. The minimum absolute atomic E-state index is 0. The molecule has 0 aliphatic rings. The molecule has 3 rings (SSSR count). The first-order valence-electron chi connectivity index (χ1n) is 13.6. The smallest absolute Gasteiger partial charge is 0.530 e. The van der Waals surface area contributed by atoms with E-state index >= 15 is 0 Å². The van der Waals surface area contributed by atoms with Crippen molar-refractivity contribution < 1.29 is 55.9 Å². The van der Waals surface area contributed by atoms with Crippen molar-refractivity contribution in [2.45, 2.75) is 48.0 Å². The van der Waals surface area contributed by atoms with Gasteiger partial charge in [0.1, 0.15) is 18.3 Å². The van der Waals surface area contributed by atoms with Gasteiger partial charge in [0.05, 0.1) is 0 Å². The molecule has 0 aliphatic carbocycles.